The summed E-state index contributed by atoms with van der Waals surface area (Å²) in [5.74, 6) is 4.11. The van der Waals surface area contributed by atoms with Crippen LogP contribution >= 0.6 is 0 Å². The summed E-state index contributed by atoms with van der Waals surface area (Å²) < 4.78 is 0. The van der Waals surface area contributed by atoms with Gasteiger partial charge in [0.15, 0.2) is 0 Å². The van der Waals surface area contributed by atoms with Crippen LogP contribution in [0.5, 0.6) is 0 Å². The minimum Gasteiger partial charge on any atom is -0.346 e. The number of allylic oxidation sites excluding steroid dienone is 4. The molecule has 4 rings (SSSR count). The van der Waals surface area contributed by atoms with Crippen molar-refractivity contribution in [3.63, 3.8) is 0 Å². The second kappa shape index (κ2) is 6.74. The Kier molecular flexibility index (Phi) is 4.45. The molecule has 0 spiro atoms. The van der Waals surface area contributed by atoms with Crippen molar-refractivity contribution in [3.05, 3.63) is 103 Å². The van der Waals surface area contributed by atoms with E-state index in [1.54, 1.807) is 0 Å². The van der Waals surface area contributed by atoms with Crippen LogP contribution in [0.3, 0.4) is 0 Å². The number of hydrogen-bond donors (Lipinski definition) is 0. The van der Waals surface area contributed by atoms with Crippen molar-refractivity contribution >= 4 is 5.69 Å². The molecule has 0 N–H and O–H groups in total. The standard InChI is InChI=1S/C23H23N2/c1-17-14-18(2)23(19(3)15-17)25-13-12-24(16-25)11-10-21-9-8-20-6-4-5-7-22(20)21/h4-9,12-15H,10-11H2,1-3H3. The van der Waals surface area contributed by atoms with Gasteiger partial charge in [0.05, 0.1) is 0 Å². The first-order chi connectivity index (χ1) is 12.1. The van der Waals surface area contributed by atoms with Crippen molar-refractivity contribution in [2.75, 3.05) is 11.4 Å². The van der Waals surface area contributed by atoms with Crippen molar-refractivity contribution in [1.82, 2.24) is 4.90 Å². The molecule has 25 heavy (non-hydrogen) atoms. The summed E-state index contributed by atoms with van der Waals surface area (Å²) >= 11 is 0. The van der Waals surface area contributed by atoms with Gasteiger partial charge in [0.25, 0.3) is 0 Å². The first kappa shape index (κ1) is 16.5. The summed E-state index contributed by atoms with van der Waals surface area (Å²) in [7, 11) is 0. The lowest BCUT2D eigenvalue weighted by atomic mass is 9.85. The highest BCUT2D eigenvalue weighted by Gasteiger charge is 2.35. The van der Waals surface area contributed by atoms with Gasteiger partial charge in [-0.3, -0.25) is 0 Å². The van der Waals surface area contributed by atoms with Gasteiger partial charge in [-0.15, -0.1) is 0 Å². The number of hydrogen-bond acceptors (Lipinski definition) is 2. The van der Waals surface area contributed by atoms with Crippen molar-refractivity contribution in [1.29, 1.82) is 0 Å². The van der Waals surface area contributed by atoms with E-state index in [0.29, 0.717) is 0 Å². The van der Waals surface area contributed by atoms with Gasteiger partial charge in [0.1, 0.15) is 0 Å². The molecular weight excluding hydrogens is 304 g/mol. The van der Waals surface area contributed by atoms with Crippen molar-refractivity contribution in [3.8, 4) is 0 Å². The number of benzene rings is 1. The molecule has 1 aliphatic heterocycles. The van der Waals surface area contributed by atoms with Crippen LogP contribution in [0, 0.1) is 58.0 Å². The molecule has 0 bridgehead atoms. The van der Waals surface area contributed by atoms with Gasteiger partial charge in [-0.2, -0.15) is 0 Å². The highest BCUT2D eigenvalue weighted by atomic mass is 15.3. The average Bonchev–Trinajstić information content (AvgIpc) is 3.19. The van der Waals surface area contributed by atoms with E-state index in [2.05, 4.69) is 98.9 Å². The van der Waals surface area contributed by atoms with E-state index in [1.807, 2.05) is 0 Å². The van der Waals surface area contributed by atoms with Gasteiger partial charge in [-0.25, -0.2) is 0 Å². The third-order valence-corrected chi connectivity index (χ3v) is 4.90. The molecule has 3 aliphatic rings. The first-order valence-electron chi connectivity index (χ1n) is 8.83. The molecule has 125 valence electrons. The van der Waals surface area contributed by atoms with Crippen molar-refractivity contribution in [2.45, 2.75) is 27.2 Å². The fourth-order valence-corrected chi connectivity index (χ4v) is 3.83. The summed E-state index contributed by atoms with van der Waals surface area (Å²) in [4.78, 5) is 4.27. The summed E-state index contributed by atoms with van der Waals surface area (Å²) in [5, 5.41) is 0. The fourth-order valence-electron chi connectivity index (χ4n) is 3.83. The normalized spacial score (nSPS) is 20.9. The van der Waals surface area contributed by atoms with Crippen LogP contribution in [-0.2, 0) is 0 Å². The zero-order valence-corrected chi connectivity index (χ0v) is 15.1. The van der Waals surface area contributed by atoms with Gasteiger partial charge < -0.3 is 9.80 Å². The van der Waals surface area contributed by atoms with E-state index in [4.69, 9.17) is 0 Å². The monoisotopic (exact) mass is 327 g/mol. The number of fused-ring (bicyclic) bond motifs is 1. The molecule has 0 aromatic heterocycles. The number of aryl methyl sites for hydroxylation is 3. The number of nitrogens with zero attached hydrogens (tertiary/aromatic N) is 2. The Morgan fingerprint density at radius 3 is 2.48 bits per heavy atom. The van der Waals surface area contributed by atoms with E-state index >= 15 is 0 Å². The van der Waals surface area contributed by atoms with Crippen LogP contribution in [0.25, 0.3) is 0 Å². The Labute approximate surface area is 152 Å². The molecule has 7 radical (unpaired) electrons. The van der Waals surface area contributed by atoms with Gasteiger partial charge in [0.2, 0.25) is 6.67 Å². The second-order valence-electron chi connectivity index (χ2n) is 6.90. The molecule has 0 saturated heterocycles. The summed E-state index contributed by atoms with van der Waals surface area (Å²) in [6.07, 6.45) is 18.3. The highest BCUT2D eigenvalue weighted by molar-refractivity contribution is 5.64. The Hall–Kier alpha value is -1.96. The molecule has 1 fully saturated rings. The molecule has 2 aliphatic carbocycles. The average molecular weight is 327 g/mol. The van der Waals surface area contributed by atoms with E-state index in [1.165, 1.54) is 40.1 Å². The number of anilines is 1. The van der Waals surface area contributed by atoms with Gasteiger partial charge >= 0.3 is 0 Å². The Balaban J connectivity index is 1.36. The molecule has 0 unspecified atom stereocenters. The summed E-state index contributed by atoms with van der Waals surface area (Å²) in [6, 6.07) is 4.47. The van der Waals surface area contributed by atoms with E-state index < -0.39 is 0 Å². The molecule has 2 heteroatoms. The fraction of sp³-hybridized carbons (Fsp3) is 0.217. The van der Waals surface area contributed by atoms with E-state index in [9.17, 15) is 0 Å². The Morgan fingerprint density at radius 2 is 1.68 bits per heavy atom. The lowest BCUT2D eigenvalue weighted by Gasteiger charge is -2.25. The molecule has 1 aromatic carbocycles. The van der Waals surface area contributed by atoms with Gasteiger partial charge in [-0.1, -0.05) is 42.0 Å². The SMILES string of the molecule is Cc1cc(C)c(N2[C]N(CC[C]3[CH][CH][C]4C=CC=C[C]43)C=C2)c(C)c1. The Bertz CT molecular complexity index is 705. The lowest BCUT2D eigenvalue weighted by molar-refractivity contribution is 0.463. The first-order valence-corrected chi connectivity index (χ1v) is 8.83. The third-order valence-electron chi connectivity index (χ3n) is 4.90. The maximum atomic E-state index is 3.47. The molecule has 0 atom stereocenters. The molecule has 1 aromatic rings. The maximum Gasteiger partial charge on any atom is 0.212 e. The predicted octanol–water partition coefficient (Wildman–Crippen LogP) is 4.86. The molecule has 2 nitrogen and oxygen atoms in total. The van der Waals surface area contributed by atoms with Crippen LogP contribution < -0.4 is 4.90 Å². The van der Waals surface area contributed by atoms with Crippen LogP contribution in [0.1, 0.15) is 23.1 Å². The van der Waals surface area contributed by atoms with Crippen LogP contribution in [-0.4, -0.2) is 11.4 Å². The minimum atomic E-state index is 0.935. The zero-order valence-electron chi connectivity index (χ0n) is 15.1. The predicted molar refractivity (Wildman–Crippen MR) is 103 cm³/mol. The van der Waals surface area contributed by atoms with Gasteiger partial charge in [-0.05, 0) is 57.1 Å². The molecule has 0 amide bonds. The quantitative estimate of drug-likeness (QED) is 0.779. The minimum absolute atomic E-state index is 0.935. The van der Waals surface area contributed by atoms with Gasteiger partial charge in [0, 0.05) is 36.5 Å². The largest absolute Gasteiger partial charge is 0.346 e. The molecular formula is C23H23N2. The smallest absolute Gasteiger partial charge is 0.212 e. The summed E-state index contributed by atoms with van der Waals surface area (Å²) in [6.45, 7) is 10.9. The van der Waals surface area contributed by atoms with Crippen molar-refractivity contribution in [2.24, 2.45) is 0 Å². The van der Waals surface area contributed by atoms with E-state index in [-0.39, 0.29) is 0 Å². The lowest BCUT2D eigenvalue weighted by Crippen LogP contribution is -2.22. The zero-order chi connectivity index (χ0) is 17.4. The maximum absolute atomic E-state index is 3.47. The topological polar surface area (TPSA) is 6.48 Å². The highest BCUT2D eigenvalue weighted by Crippen LogP contribution is 2.45. The molecule has 1 saturated carbocycles. The van der Waals surface area contributed by atoms with Crippen molar-refractivity contribution < 1.29 is 0 Å². The summed E-state index contributed by atoms with van der Waals surface area (Å²) in [5.41, 5.74) is 5.13. The second-order valence-corrected chi connectivity index (χ2v) is 6.90. The van der Waals surface area contributed by atoms with Crippen LogP contribution in [0.4, 0.5) is 5.69 Å². The van der Waals surface area contributed by atoms with E-state index in [0.717, 1.165) is 13.0 Å². The van der Waals surface area contributed by atoms with Crippen LogP contribution in [0.15, 0.2) is 48.8 Å². The number of rotatable bonds is 4. The molecule has 1 heterocycles. The third kappa shape index (κ3) is 3.27. The Morgan fingerprint density at radius 1 is 0.920 bits per heavy atom. The van der Waals surface area contributed by atoms with Crippen LogP contribution in [0.2, 0.25) is 0 Å².